The van der Waals surface area contributed by atoms with Crippen molar-refractivity contribution in [3.05, 3.63) is 53.6 Å². The van der Waals surface area contributed by atoms with Gasteiger partial charge in [-0.1, -0.05) is 43.9 Å². The Balaban J connectivity index is 1.59. The van der Waals surface area contributed by atoms with E-state index in [-0.39, 0.29) is 48.4 Å². The number of urea groups is 1. The van der Waals surface area contributed by atoms with E-state index in [1.807, 2.05) is 13.8 Å². The molecule has 4 rings (SSSR count). The molecule has 0 radical (unpaired) electrons. The zero-order valence-electron chi connectivity index (χ0n) is 25.0. The molecule has 0 saturated heterocycles. The third kappa shape index (κ3) is 7.95. The number of aryl methyl sites for hydroxylation is 1. The lowest BCUT2D eigenvalue weighted by molar-refractivity contribution is -0.134. The summed E-state index contributed by atoms with van der Waals surface area (Å²) in [7, 11) is -2.11. The minimum absolute atomic E-state index is 0.0305. The first-order chi connectivity index (χ1) is 20.0. The van der Waals surface area contributed by atoms with Crippen LogP contribution in [0.25, 0.3) is 0 Å². The van der Waals surface area contributed by atoms with Gasteiger partial charge in [0.2, 0.25) is 5.91 Å². The van der Waals surface area contributed by atoms with Crippen LogP contribution in [0.5, 0.6) is 5.75 Å². The summed E-state index contributed by atoms with van der Waals surface area (Å²) in [6.07, 6.45) is 4.91. The van der Waals surface area contributed by atoms with Crippen molar-refractivity contribution in [3.63, 3.8) is 0 Å². The first kappa shape index (κ1) is 31.6. The summed E-state index contributed by atoms with van der Waals surface area (Å²) in [5.74, 6) is 0.0902. The molecule has 1 fully saturated rings. The van der Waals surface area contributed by atoms with Crippen molar-refractivity contribution in [1.29, 1.82) is 0 Å². The molecule has 1 saturated carbocycles. The molecule has 230 valence electrons. The summed E-state index contributed by atoms with van der Waals surface area (Å²) in [5, 5.41) is 13.0. The van der Waals surface area contributed by atoms with Crippen molar-refractivity contribution in [2.45, 2.75) is 82.4 Å². The van der Waals surface area contributed by atoms with Gasteiger partial charge < -0.3 is 25.0 Å². The Morgan fingerprint density at radius 1 is 1.14 bits per heavy atom. The Labute approximate surface area is 249 Å². The fourth-order valence-corrected chi connectivity index (χ4v) is 6.58. The van der Waals surface area contributed by atoms with Crippen LogP contribution in [0.3, 0.4) is 0 Å². The number of anilines is 1. The van der Waals surface area contributed by atoms with Crippen molar-refractivity contribution in [2.75, 3.05) is 31.5 Å². The number of sulfonamides is 1. The van der Waals surface area contributed by atoms with E-state index in [0.717, 1.165) is 31.2 Å². The summed E-state index contributed by atoms with van der Waals surface area (Å²) in [5.41, 5.74) is 1.78. The second-order valence-corrected chi connectivity index (χ2v) is 13.5. The number of aliphatic hydroxyl groups is 1. The van der Waals surface area contributed by atoms with Crippen molar-refractivity contribution < 1.29 is 27.9 Å². The zero-order chi connectivity index (χ0) is 30.4. The molecule has 1 aliphatic carbocycles. The van der Waals surface area contributed by atoms with Crippen LogP contribution in [0, 0.1) is 12.8 Å². The molecule has 3 amide bonds. The van der Waals surface area contributed by atoms with Crippen molar-refractivity contribution >= 4 is 27.6 Å². The van der Waals surface area contributed by atoms with Gasteiger partial charge in [-0.3, -0.25) is 9.52 Å². The third-order valence-electron chi connectivity index (χ3n) is 8.23. The van der Waals surface area contributed by atoms with Gasteiger partial charge in [-0.2, -0.15) is 0 Å². The normalized spacial score (nSPS) is 20.8. The number of amides is 3. The molecule has 0 bridgehead atoms. The molecule has 0 unspecified atom stereocenters. The second kappa shape index (κ2) is 13.8. The first-order valence-electron chi connectivity index (χ1n) is 14.8. The Hall–Kier alpha value is -3.31. The van der Waals surface area contributed by atoms with Crippen molar-refractivity contribution in [1.82, 2.24) is 15.1 Å². The number of hydrogen-bond acceptors (Lipinski definition) is 6. The van der Waals surface area contributed by atoms with Crippen LogP contribution in [0.4, 0.5) is 10.5 Å². The van der Waals surface area contributed by atoms with Gasteiger partial charge in [0.05, 0.1) is 30.5 Å². The fourth-order valence-electron chi connectivity index (χ4n) is 5.53. The predicted octanol–water partition coefficient (Wildman–Crippen LogP) is 3.92. The van der Waals surface area contributed by atoms with Crippen LogP contribution in [0.1, 0.15) is 57.1 Å². The number of carbonyl (C=O) groups is 2. The topological polar surface area (TPSA) is 128 Å². The highest BCUT2D eigenvalue weighted by atomic mass is 32.2. The summed E-state index contributed by atoms with van der Waals surface area (Å²) in [4.78, 5) is 29.9. The predicted molar refractivity (Wildman–Crippen MR) is 162 cm³/mol. The second-order valence-electron chi connectivity index (χ2n) is 11.8. The Kier molecular flexibility index (Phi) is 10.4. The number of hydrogen-bond donors (Lipinski definition) is 3. The lowest BCUT2D eigenvalue weighted by Gasteiger charge is -2.34. The van der Waals surface area contributed by atoms with Crippen molar-refractivity contribution in [2.24, 2.45) is 5.92 Å². The monoisotopic (exact) mass is 600 g/mol. The molecule has 0 spiro atoms. The molecule has 2 aliphatic rings. The number of likely N-dealkylation sites (N-methyl/N-ethyl adjacent to an activating group) is 1. The van der Waals surface area contributed by atoms with E-state index in [1.165, 1.54) is 6.42 Å². The fraction of sp³-hybridized carbons (Fsp3) is 0.548. The maximum absolute atomic E-state index is 13.5. The van der Waals surface area contributed by atoms with E-state index < -0.39 is 22.2 Å². The molecule has 3 atom stereocenters. The minimum atomic E-state index is -3.85. The summed E-state index contributed by atoms with van der Waals surface area (Å²) >= 11 is 0. The summed E-state index contributed by atoms with van der Waals surface area (Å²) in [6.45, 7) is 6.07. The van der Waals surface area contributed by atoms with Crippen LogP contribution in [0.15, 0.2) is 47.4 Å². The maximum Gasteiger partial charge on any atom is 0.317 e. The molecule has 2 aromatic carbocycles. The minimum Gasteiger partial charge on any atom is -0.488 e. The van der Waals surface area contributed by atoms with E-state index in [0.29, 0.717) is 23.5 Å². The highest BCUT2D eigenvalue weighted by Crippen LogP contribution is 2.30. The van der Waals surface area contributed by atoms with E-state index >= 15 is 0 Å². The SMILES string of the molecule is Cc1ccc(S(=O)(=O)Nc2ccc3c(c2)CC(=O)N([C@@H](C)CO)C[C@@H](C)[C@H](CN(C)C(=O)NC2CCCCC2)O3)cc1. The van der Waals surface area contributed by atoms with Crippen molar-refractivity contribution in [3.8, 4) is 5.75 Å². The largest absolute Gasteiger partial charge is 0.488 e. The van der Waals surface area contributed by atoms with Gasteiger partial charge in [-0.25, -0.2) is 13.2 Å². The number of aliphatic hydroxyl groups excluding tert-OH is 1. The van der Waals surface area contributed by atoms with Crippen LogP contribution in [0.2, 0.25) is 0 Å². The van der Waals surface area contributed by atoms with E-state index in [2.05, 4.69) is 10.0 Å². The number of nitrogens with zero attached hydrogens (tertiary/aromatic N) is 2. The lowest BCUT2D eigenvalue weighted by Crippen LogP contribution is -2.50. The van der Waals surface area contributed by atoms with Gasteiger partial charge >= 0.3 is 6.03 Å². The standard InChI is InChI=1S/C31H44N4O6S/c1-21-10-13-27(14-11-21)42(39,40)33-26-12-15-28-24(16-26)17-30(37)35(23(3)20-36)18-22(2)29(41-28)19-34(4)31(38)32-25-8-6-5-7-9-25/h10-16,22-23,25,29,33,36H,5-9,17-20H2,1-4H3,(H,32,38)/t22-,23+,29+/m1/s1. The van der Waals surface area contributed by atoms with Gasteiger partial charge in [0, 0.05) is 36.8 Å². The van der Waals surface area contributed by atoms with E-state index in [4.69, 9.17) is 4.74 Å². The molecule has 11 heteroatoms. The summed E-state index contributed by atoms with van der Waals surface area (Å²) < 4.78 is 35.2. The van der Waals surface area contributed by atoms with Crippen LogP contribution in [-0.4, -0.2) is 80.2 Å². The molecule has 42 heavy (non-hydrogen) atoms. The number of nitrogens with one attached hydrogen (secondary N) is 2. The van der Waals surface area contributed by atoms with E-state index in [9.17, 15) is 23.1 Å². The molecule has 1 aliphatic heterocycles. The molecule has 10 nitrogen and oxygen atoms in total. The average Bonchev–Trinajstić information content (AvgIpc) is 3.00. The molecule has 3 N–H and O–H groups in total. The van der Waals surface area contributed by atoms with Gasteiger partial charge in [-0.15, -0.1) is 0 Å². The zero-order valence-corrected chi connectivity index (χ0v) is 25.8. The van der Waals surface area contributed by atoms with Gasteiger partial charge in [0.1, 0.15) is 11.9 Å². The maximum atomic E-state index is 13.5. The number of rotatable bonds is 8. The molecular weight excluding hydrogens is 556 g/mol. The highest BCUT2D eigenvalue weighted by molar-refractivity contribution is 7.92. The highest BCUT2D eigenvalue weighted by Gasteiger charge is 2.32. The van der Waals surface area contributed by atoms with Gasteiger partial charge in [0.25, 0.3) is 10.0 Å². The smallest absolute Gasteiger partial charge is 0.317 e. The first-order valence-corrected chi connectivity index (χ1v) is 16.3. The molecule has 1 heterocycles. The lowest BCUT2D eigenvalue weighted by atomic mass is 9.96. The summed E-state index contributed by atoms with van der Waals surface area (Å²) in [6, 6.07) is 11.1. The Morgan fingerprint density at radius 3 is 2.50 bits per heavy atom. The van der Waals surface area contributed by atoms with E-state index in [1.54, 1.807) is 66.2 Å². The molecular formula is C31H44N4O6S. The Morgan fingerprint density at radius 2 is 1.83 bits per heavy atom. The van der Waals surface area contributed by atoms with Gasteiger partial charge in [0.15, 0.2) is 0 Å². The number of fused-ring (bicyclic) bond motifs is 1. The third-order valence-corrected chi connectivity index (χ3v) is 9.63. The Bertz CT molecular complexity index is 1340. The average molecular weight is 601 g/mol. The molecule has 2 aromatic rings. The van der Waals surface area contributed by atoms with Crippen LogP contribution < -0.4 is 14.8 Å². The number of benzene rings is 2. The van der Waals surface area contributed by atoms with Crippen LogP contribution >= 0.6 is 0 Å². The van der Waals surface area contributed by atoms with Crippen LogP contribution in [-0.2, 0) is 21.2 Å². The van der Waals surface area contributed by atoms with Gasteiger partial charge in [-0.05, 0) is 57.0 Å². The number of carbonyl (C=O) groups excluding carboxylic acids is 2. The molecule has 0 aromatic heterocycles. The quantitative estimate of drug-likeness (QED) is 0.422. The number of ether oxygens (including phenoxy) is 1.